The molecule has 0 unspecified atom stereocenters. The van der Waals surface area contributed by atoms with Crippen molar-refractivity contribution >= 4 is 29.3 Å². The van der Waals surface area contributed by atoms with E-state index >= 15 is 0 Å². The van der Waals surface area contributed by atoms with Gasteiger partial charge in [-0.05, 0) is 30.5 Å². The van der Waals surface area contributed by atoms with Crippen LogP contribution < -0.4 is 4.74 Å². The first-order chi connectivity index (χ1) is 10.1. The summed E-state index contributed by atoms with van der Waals surface area (Å²) in [5.74, 6) is 1.93. The molecule has 3 nitrogen and oxygen atoms in total. The van der Waals surface area contributed by atoms with Crippen LogP contribution in [0.2, 0.25) is 5.02 Å². The number of carbonyl (C=O) groups is 1. The van der Waals surface area contributed by atoms with Crippen molar-refractivity contribution in [1.82, 2.24) is 0 Å². The molecule has 1 saturated heterocycles. The second-order valence-electron chi connectivity index (χ2n) is 5.87. The van der Waals surface area contributed by atoms with Gasteiger partial charge in [-0.1, -0.05) is 36.9 Å². The molecular formula is C16H19ClO3S. The van der Waals surface area contributed by atoms with Crippen LogP contribution in [0.1, 0.15) is 37.7 Å². The topological polar surface area (TPSA) is 46.5 Å². The molecule has 1 aromatic carbocycles. The van der Waals surface area contributed by atoms with Crippen LogP contribution in [-0.2, 0) is 10.2 Å². The van der Waals surface area contributed by atoms with E-state index in [4.69, 9.17) is 16.3 Å². The Labute approximate surface area is 134 Å². The van der Waals surface area contributed by atoms with Gasteiger partial charge >= 0.3 is 5.97 Å². The minimum absolute atomic E-state index is 0.237. The zero-order valence-corrected chi connectivity index (χ0v) is 13.4. The van der Waals surface area contributed by atoms with Crippen LogP contribution in [0, 0.1) is 0 Å². The molecular weight excluding hydrogens is 308 g/mol. The predicted molar refractivity (Wildman–Crippen MR) is 85.6 cm³/mol. The zero-order chi connectivity index (χ0) is 14.9. The SMILES string of the molecule is O=C(O)C1(c2ccc(OC3CSC3)c(Cl)c2)CCCCC1. The lowest BCUT2D eigenvalue weighted by atomic mass is 9.69. The lowest BCUT2D eigenvalue weighted by Crippen LogP contribution is -2.37. The summed E-state index contributed by atoms with van der Waals surface area (Å²) in [5.41, 5.74) is 0.0438. The van der Waals surface area contributed by atoms with Gasteiger partial charge in [-0.2, -0.15) is 11.8 Å². The Hall–Kier alpha value is -0.870. The normalized spacial score (nSPS) is 21.6. The molecule has 0 atom stereocenters. The summed E-state index contributed by atoms with van der Waals surface area (Å²) >= 11 is 8.17. The van der Waals surface area contributed by atoms with Gasteiger partial charge in [0, 0.05) is 11.5 Å². The number of carboxylic acid groups (broad SMARTS) is 1. The summed E-state index contributed by atoms with van der Waals surface area (Å²) < 4.78 is 5.82. The van der Waals surface area contributed by atoms with Crippen LogP contribution >= 0.6 is 23.4 Å². The monoisotopic (exact) mass is 326 g/mol. The van der Waals surface area contributed by atoms with Gasteiger partial charge in [-0.15, -0.1) is 0 Å². The van der Waals surface area contributed by atoms with Crippen LogP contribution in [0.5, 0.6) is 5.75 Å². The Kier molecular flexibility index (Phi) is 4.36. The van der Waals surface area contributed by atoms with Crippen LogP contribution in [0.25, 0.3) is 0 Å². The quantitative estimate of drug-likeness (QED) is 0.904. The smallest absolute Gasteiger partial charge is 0.314 e. The fraction of sp³-hybridized carbons (Fsp3) is 0.562. The molecule has 1 heterocycles. The van der Waals surface area contributed by atoms with Crippen molar-refractivity contribution in [2.75, 3.05) is 11.5 Å². The van der Waals surface area contributed by atoms with Crippen LogP contribution in [0.4, 0.5) is 0 Å². The van der Waals surface area contributed by atoms with E-state index in [0.29, 0.717) is 23.6 Å². The molecule has 2 fully saturated rings. The second kappa shape index (κ2) is 6.09. The van der Waals surface area contributed by atoms with Crippen LogP contribution in [0.3, 0.4) is 0 Å². The number of thioether (sulfide) groups is 1. The lowest BCUT2D eigenvalue weighted by Gasteiger charge is -2.34. The largest absolute Gasteiger partial charge is 0.487 e. The van der Waals surface area contributed by atoms with Crippen LogP contribution in [-0.4, -0.2) is 28.7 Å². The molecule has 0 aromatic heterocycles. The van der Waals surface area contributed by atoms with Gasteiger partial charge in [0.15, 0.2) is 0 Å². The van der Waals surface area contributed by atoms with E-state index in [0.717, 1.165) is 36.3 Å². The van der Waals surface area contributed by atoms with E-state index in [1.54, 1.807) is 6.07 Å². The first-order valence-electron chi connectivity index (χ1n) is 7.40. The molecule has 1 aromatic rings. The van der Waals surface area contributed by atoms with Crippen molar-refractivity contribution in [3.8, 4) is 5.75 Å². The summed E-state index contributed by atoms with van der Waals surface area (Å²) in [4.78, 5) is 11.8. The van der Waals surface area contributed by atoms with Gasteiger partial charge in [-0.3, -0.25) is 4.79 Å². The molecule has 5 heteroatoms. The second-order valence-corrected chi connectivity index (χ2v) is 7.35. The molecule has 0 amide bonds. The van der Waals surface area contributed by atoms with Crippen molar-refractivity contribution in [3.63, 3.8) is 0 Å². The highest BCUT2D eigenvalue weighted by atomic mass is 35.5. The van der Waals surface area contributed by atoms with Gasteiger partial charge in [0.25, 0.3) is 0 Å². The molecule has 0 spiro atoms. The van der Waals surface area contributed by atoms with Gasteiger partial charge in [-0.25, -0.2) is 0 Å². The maximum atomic E-state index is 11.8. The standard InChI is InChI=1S/C16H19ClO3S/c17-13-8-11(4-5-14(13)20-12-9-21-10-12)16(15(18)19)6-2-1-3-7-16/h4-5,8,12H,1-3,6-7,9-10H2,(H,18,19). The van der Waals surface area contributed by atoms with Crippen molar-refractivity contribution in [2.45, 2.75) is 43.6 Å². The number of hydrogen-bond acceptors (Lipinski definition) is 3. The number of ether oxygens (including phenoxy) is 1. The first-order valence-corrected chi connectivity index (χ1v) is 8.93. The molecule has 21 heavy (non-hydrogen) atoms. The molecule has 0 bridgehead atoms. The summed E-state index contributed by atoms with van der Waals surface area (Å²) in [6.07, 6.45) is 4.66. The average Bonchev–Trinajstić information content (AvgIpc) is 2.44. The molecule has 0 radical (unpaired) electrons. The summed E-state index contributed by atoms with van der Waals surface area (Å²) in [5, 5.41) is 10.2. The first kappa shape index (κ1) is 15.0. The Morgan fingerprint density at radius 1 is 1.29 bits per heavy atom. The summed E-state index contributed by atoms with van der Waals surface area (Å²) in [6.45, 7) is 0. The number of rotatable bonds is 4. The zero-order valence-electron chi connectivity index (χ0n) is 11.8. The van der Waals surface area contributed by atoms with E-state index < -0.39 is 11.4 Å². The van der Waals surface area contributed by atoms with E-state index in [-0.39, 0.29) is 6.10 Å². The number of halogens is 1. The minimum Gasteiger partial charge on any atom is -0.487 e. The van der Waals surface area contributed by atoms with Crippen molar-refractivity contribution < 1.29 is 14.6 Å². The molecule has 114 valence electrons. The third-order valence-corrected chi connectivity index (χ3v) is 6.01. The molecule has 2 aliphatic rings. The lowest BCUT2D eigenvalue weighted by molar-refractivity contribution is -0.145. The van der Waals surface area contributed by atoms with E-state index in [9.17, 15) is 9.90 Å². The summed E-state index contributed by atoms with van der Waals surface area (Å²) in [6, 6.07) is 5.51. The molecule has 1 aliphatic heterocycles. The molecule has 1 N–H and O–H groups in total. The number of benzene rings is 1. The molecule has 1 aliphatic carbocycles. The van der Waals surface area contributed by atoms with E-state index in [2.05, 4.69) is 0 Å². The Morgan fingerprint density at radius 2 is 2.00 bits per heavy atom. The van der Waals surface area contributed by atoms with Crippen LogP contribution in [0.15, 0.2) is 18.2 Å². The maximum absolute atomic E-state index is 11.8. The van der Waals surface area contributed by atoms with Crippen molar-refractivity contribution in [1.29, 1.82) is 0 Å². The van der Waals surface area contributed by atoms with E-state index in [1.807, 2.05) is 23.9 Å². The van der Waals surface area contributed by atoms with Crippen molar-refractivity contribution in [2.24, 2.45) is 0 Å². The van der Waals surface area contributed by atoms with Gasteiger partial charge in [0.05, 0.1) is 10.4 Å². The Bertz CT molecular complexity index is 536. The highest BCUT2D eigenvalue weighted by molar-refractivity contribution is 8.00. The maximum Gasteiger partial charge on any atom is 0.314 e. The Morgan fingerprint density at radius 3 is 2.52 bits per heavy atom. The van der Waals surface area contributed by atoms with Gasteiger partial charge in [0.1, 0.15) is 11.9 Å². The van der Waals surface area contributed by atoms with Gasteiger partial charge < -0.3 is 9.84 Å². The molecule has 3 rings (SSSR count). The summed E-state index contributed by atoms with van der Waals surface area (Å²) in [7, 11) is 0. The van der Waals surface area contributed by atoms with Gasteiger partial charge in [0.2, 0.25) is 0 Å². The fourth-order valence-corrected chi connectivity index (χ4v) is 3.93. The Balaban J connectivity index is 1.86. The highest BCUT2D eigenvalue weighted by Gasteiger charge is 2.41. The highest BCUT2D eigenvalue weighted by Crippen LogP contribution is 2.42. The number of hydrogen-bond donors (Lipinski definition) is 1. The van der Waals surface area contributed by atoms with E-state index in [1.165, 1.54) is 0 Å². The number of aliphatic carboxylic acids is 1. The minimum atomic E-state index is -0.771. The fourth-order valence-electron chi connectivity index (χ4n) is 3.14. The third-order valence-electron chi connectivity index (χ3n) is 4.50. The molecule has 1 saturated carbocycles. The third kappa shape index (κ3) is 2.88. The predicted octanol–water partition coefficient (Wildman–Crippen LogP) is 4.12. The average molecular weight is 327 g/mol. The number of carboxylic acids is 1. The van der Waals surface area contributed by atoms with Crippen molar-refractivity contribution in [3.05, 3.63) is 28.8 Å².